The van der Waals surface area contributed by atoms with Gasteiger partial charge in [0.05, 0.1) is 20.5 Å². The van der Waals surface area contributed by atoms with E-state index in [-0.39, 0.29) is 5.91 Å². The van der Waals surface area contributed by atoms with Crippen molar-refractivity contribution in [3.8, 4) is 22.6 Å². The highest BCUT2D eigenvalue weighted by Gasteiger charge is 2.17. The van der Waals surface area contributed by atoms with Crippen molar-refractivity contribution in [1.29, 1.82) is 0 Å². The van der Waals surface area contributed by atoms with Crippen LogP contribution in [-0.2, 0) is 4.79 Å². The summed E-state index contributed by atoms with van der Waals surface area (Å²) in [6.07, 6.45) is 4.89. The number of benzene rings is 2. The smallest absolute Gasteiger partial charge is 0.250 e. The third-order valence-electron chi connectivity index (χ3n) is 4.73. The number of carbonyl (C=O) groups is 1. The van der Waals surface area contributed by atoms with Gasteiger partial charge in [-0.25, -0.2) is 4.98 Å². The summed E-state index contributed by atoms with van der Waals surface area (Å²) >= 11 is 1.37. The van der Waals surface area contributed by atoms with Gasteiger partial charge in [0.25, 0.3) is 0 Å². The minimum Gasteiger partial charge on any atom is -0.496 e. The zero-order valence-electron chi connectivity index (χ0n) is 16.8. The van der Waals surface area contributed by atoms with Crippen molar-refractivity contribution in [2.75, 3.05) is 19.5 Å². The Labute approximate surface area is 177 Å². The Morgan fingerprint density at radius 1 is 1.13 bits per heavy atom. The number of allylic oxidation sites excluding steroid dienone is 1. The minimum atomic E-state index is -0.248. The van der Waals surface area contributed by atoms with Crippen molar-refractivity contribution in [2.24, 2.45) is 0 Å². The predicted molar refractivity (Wildman–Crippen MR) is 119 cm³/mol. The van der Waals surface area contributed by atoms with E-state index < -0.39 is 0 Å². The second kappa shape index (κ2) is 8.42. The maximum Gasteiger partial charge on any atom is 0.250 e. The molecule has 0 bridgehead atoms. The van der Waals surface area contributed by atoms with E-state index in [1.165, 1.54) is 17.4 Å². The fraction of sp³-hybridized carbons (Fsp3) is 0.130. The molecule has 1 N–H and O–H groups in total. The van der Waals surface area contributed by atoms with Crippen LogP contribution in [0.25, 0.3) is 27.7 Å². The van der Waals surface area contributed by atoms with Gasteiger partial charge in [-0.05, 0) is 24.6 Å². The zero-order valence-corrected chi connectivity index (χ0v) is 17.6. The Balaban J connectivity index is 1.77. The summed E-state index contributed by atoms with van der Waals surface area (Å²) in [6, 6.07) is 11.6. The first-order chi connectivity index (χ1) is 14.6. The minimum absolute atomic E-state index is 0.248. The Morgan fingerprint density at radius 2 is 1.93 bits per heavy atom. The Hall–Kier alpha value is -3.58. The Kier molecular flexibility index (Phi) is 5.54. The van der Waals surface area contributed by atoms with Gasteiger partial charge >= 0.3 is 0 Å². The zero-order chi connectivity index (χ0) is 21.1. The quantitative estimate of drug-likeness (QED) is 0.410. The van der Waals surface area contributed by atoms with E-state index in [0.29, 0.717) is 16.5 Å². The second-order valence-electron chi connectivity index (χ2n) is 6.55. The van der Waals surface area contributed by atoms with E-state index >= 15 is 0 Å². The first kappa shape index (κ1) is 19.7. The molecule has 0 unspecified atom stereocenters. The van der Waals surface area contributed by atoms with Gasteiger partial charge in [0, 0.05) is 45.8 Å². The van der Waals surface area contributed by atoms with E-state index in [2.05, 4.69) is 10.3 Å². The van der Waals surface area contributed by atoms with Gasteiger partial charge in [-0.2, -0.15) is 0 Å². The van der Waals surface area contributed by atoms with Crippen molar-refractivity contribution in [3.63, 3.8) is 0 Å². The molecule has 2 heterocycles. The molecule has 4 aromatic rings. The van der Waals surface area contributed by atoms with E-state index in [4.69, 9.17) is 13.9 Å². The lowest BCUT2D eigenvalue weighted by Gasteiger charge is -2.11. The normalized spacial score (nSPS) is 11.5. The topological polar surface area (TPSA) is 73.6 Å². The Morgan fingerprint density at radius 3 is 2.67 bits per heavy atom. The predicted octanol–water partition coefficient (Wildman–Crippen LogP) is 5.62. The molecule has 4 rings (SSSR count). The third kappa shape index (κ3) is 3.79. The molecule has 0 saturated carbocycles. The van der Waals surface area contributed by atoms with Crippen LogP contribution < -0.4 is 14.8 Å². The number of para-hydroxylation sites is 1. The molecule has 152 valence electrons. The number of aromatic nitrogens is 1. The van der Waals surface area contributed by atoms with Crippen LogP contribution in [0, 0.1) is 0 Å². The maximum atomic E-state index is 12.4. The first-order valence-electron chi connectivity index (χ1n) is 9.22. The second-order valence-corrected chi connectivity index (χ2v) is 7.45. The first-order valence-corrected chi connectivity index (χ1v) is 10.1. The molecule has 2 aromatic carbocycles. The molecule has 0 aliphatic rings. The highest BCUT2D eigenvalue weighted by Crippen LogP contribution is 2.40. The number of furan rings is 1. The van der Waals surface area contributed by atoms with Gasteiger partial charge in [0.1, 0.15) is 17.1 Å². The number of nitrogens with one attached hydrogen (secondary N) is 1. The number of hydrogen-bond donors (Lipinski definition) is 1. The molecule has 0 saturated heterocycles. The number of methoxy groups -OCH3 is 2. The van der Waals surface area contributed by atoms with Crippen LogP contribution in [0.1, 0.15) is 12.5 Å². The summed E-state index contributed by atoms with van der Waals surface area (Å²) in [7, 11) is 3.24. The molecule has 7 heteroatoms. The molecular formula is C23H20N2O4S. The third-order valence-corrected chi connectivity index (χ3v) is 5.42. The molecule has 0 aliphatic carbocycles. The number of rotatable bonds is 6. The lowest BCUT2D eigenvalue weighted by molar-refractivity contribution is -0.111. The summed E-state index contributed by atoms with van der Waals surface area (Å²) in [4.78, 5) is 16.5. The van der Waals surface area contributed by atoms with Crippen LogP contribution in [0.2, 0.25) is 0 Å². The highest BCUT2D eigenvalue weighted by molar-refractivity contribution is 7.13. The monoisotopic (exact) mass is 420 g/mol. The van der Waals surface area contributed by atoms with Crippen molar-refractivity contribution in [3.05, 3.63) is 65.9 Å². The molecule has 0 radical (unpaired) electrons. The molecule has 6 nitrogen and oxygen atoms in total. The summed E-state index contributed by atoms with van der Waals surface area (Å²) in [5.74, 6) is 1.13. The molecule has 0 fully saturated rings. The van der Waals surface area contributed by atoms with Gasteiger partial charge < -0.3 is 13.9 Å². The van der Waals surface area contributed by atoms with Crippen molar-refractivity contribution < 1.29 is 18.7 Å². The molecule has 1 amide bonds. The van der Waals surface area contributed by atoms with Crippen LogP contribution in [0.15, 0.2) is 64.7 Å². The van der Waals surface area contributed by atoms with E-state index in [0.717, 1.165) is 33.4 Å². The lowest BCUT2D eigenvalue weighted by atomic mass is 9.99. The van der Waals surface area contributed by atoms with Crippen LogP contribution >= 0.6 is 11.3 Å². The van der Waals surface area contributed by atoms with Crippen molar-refractivity contribution in [2.45, 2.75) is 6.92 Å². The fourth-order valence-corrected chi connectivity index (χ4v) is 3.84. The number of hydrogen-bond acceptors (Lipinski definition) is 6. The van der Waals surface area contributed by atoms with Crippen LogP contribution in [0.4, 0.5) is 5.13 Å². The molecule has 0 atom stereocenters. The van der Waals surface area contributed by atoms with E-state index in [9.17, 15) is 4.79 Å². The van der Waals surface area contributed by atoms with E-state index in [1.54, 1.807) is 32.1 Å². The molecule has 2 aromatic heterocycles. The van der Waals surface area contributed by atoms with Crippen molar-refractivity contribution >= 4 is 38.9 Å². The largest absolute Gasteiger partial charge is 0.496 e. The number of nitrogens with zero attached hydrogens (tertiary/aromatic N) is 1. The fourth-order valence-electron chi connectivity index (χ4n) is 3.31. The highest BCUT2D eigenvalue weighted by atomic mass is 32.1. The van der Waals surface area contributed by atoms with Crippen LogP contribution in [-0.4, -0.2) is 25.1 Å². The number of anilines is 1. The van der Waals surface area contributed by atoms with E-state index in [1.807, 2.05) is 43.3 Å². The van der Waals surface area contributed by atoms with Gasteiger partial charge in [-0.15, -0.1) is 11.3 Å². The number of thiazole rings is 1. The van der Waals surface area contributed by atoms with Crippen LogP contribution in [0.5, 0.6) is 11.5 Å². The molecular weight excluding hydrogens is 400 g/mol. The Bertz CT molecular complexity index is 1230. The average molecular weight is 420 g/mol. The molecule has 30 heavy (non-hydrogen) atoms. The average Bonchev–Trinajstić information content (AvgIpc) is 3.41. The lowest BCUT2D eigenvalue weighted by Crippen LogP contribution is -2.08. The molecule has 0 aliphatic heterocycles. The SMILES string of the molecule is COc1cc2occ(-c3ccccc3OC)c2cc1/C(C)=C/C(=O)Nc1nccs1. The van der Waals surface area contributed by atoms with Gasteiger partial charge in [0.15, 0.2) is 5.13 Å². The number of amides is 1. The number of fused-ring (bicyclic) bond motifs is 1. The van der Waals surface area contributed by atoms with Gasteiger partial charge in [0.2, 0.25) is 5.91 Å². The molecule has 0 spiro atoms. The van der Waals surface area contributed by atoms with Crippen LogP contribution in [0.3, 0.4) is 0 Å². The summed E-state index contributed by atoms with van der Waals surface area (Å²) < 4.78 is 16.9. The summed E-state index contributed by atoms with van der Waals surface area (Å²) in [5, 5.41) is 6.03. The van der Waals surface area contributed by atoms with Gasteiger partial charge in [-0.1, -0.05) is 18.2 Å². The number of ether oxygens (including phenoxy) is 2. The van der Waals surface area contributed by atoms with Gasteiger partial charge in [-0.3, -0.25) is 10.1 Å². The maximum absolute atomic E-state index is 12.4. The summed E-state index contributed by atoms with van der Waals surface area (Å²) in [5.41, 5.74) is 4.09. The number of carbonyl (C=O) groups excluding carboxylic acids is 1. The summed E-state index contributed by atoms with van der Waals surface area (Å²) in [6.45, 7) is 1.87. The van der Waals surface area contributed by atoms with Crippen molar-refractivity contribution in [1.82, 2.24) is 4.98 Å². The standard InChI is InChI=1S/C23H20N2O4S/c1-14(10-22(26)25-23-24-8-9-30-23)16-11-17-18(13-29-21(17)12-20(16)28-3)15-6-4-5-7-19(15)27-2/h4-13H,1-3H3,(H,24,25,26)/b14-10+.